The maximum Gasteiger partial charge on any atom is 0.0911 e. The molecule has 0 amide bonds. The maximum atomic E-state index is 6.14. The molecule has 0 fully saturated rings. The summed E-state index contributed by atoms with van der Waals surface area (Å²) >= 11 is 12.1. The summed E-state index contributed by atoms with van der Waals surface area (Å²) in [6.45, 7) is 0. The van der Waals surface area contributed by atoms with Crippen LogP contribution in [-0.2, 0) is 0 Å². The number of nitrogens with one attached hydrogen (secondary N) is 1. The number of rotatable bonds is 3. The lowest BCUT2D eigenvalue weighted by atomic mass is 10.0. The minimum Gasteiger partial charge on any atom is -0.271 e. The van der Waals surface area contributed by atoms with Gasteiger partial charge < -0.3 is 0 Å². The lowest BCUT2D eigenvalue weighted by molar-refractivity contribution is 0.618. The van der Waals surface area contributed by atoms with Gasteiger partial charge >= 0.3 is 0 Å². The van der Waals surface area contributed by atoms with Crippen molar-refractivity contribution < 1.29 is 0 Å². The Morgan fingerprint density at radius 2 is 2.06 bits per heavy atom. The molecule has 3 N–H and O–H groups in total. The van der Waals surface area contributed by atoms with Crippen LogP contribution in [-0.4, -0.2) is 9.97 Å². The lowest BCUT2D eigenvalue weighted by Crippen LogP contribution is -2.29. The average Bonchev–Trinajstić information content (AvgIpc) is 2.37. The summed E-state index contributed by atoms with van der Waals surface area (Å²) < 4.78 is 0. The first-order chi connectivity index (χ1) is 8.24. The van der Waals surface area contributed by atoms with Gasteiger partial charge in [0.15, 0.2) is 0 Å². The number of benzene rings is 1. The van der Waals surface area contributed by atoms with Crippen molar-refractivity contribution in [1.29, 1.82) is 0 Å². The van der Waals surface area contributed by atoms with Gasteiger partial charge in [-0.3, -0.25) is 15.8 Å². The molecule has 6 heteroatoms. The summed E-state index contributed by atoms with van der Waals surface area (Å²) in [6.07, 6.45) is 4.82. The van der Waals surface area contributed by atoms with Crippen LogP contribution in [0.5, 0.6) is 0 Å². The summed E-state index contributed by atoms with van der Waals surface area (Å²) in [4.78, 5) is 8.19. The van der Waals surface area contributed by atoms with E-state index in [0.717, 1.165) is 5.56 Å². The zero-order chi connectivity index (χ0) is 12.3. The molecule has 0 radical (unpaired) electrons. The molecule has 1 aromatic carbocycles. The summed E-state index contributed by atoms with van der Waals surface area (Å²) in [7, 11) is 0. The fourth-order valence-electron chi connectivity index (χ4n) is 1.54. The van der Waals surface area contributed by atoms with Crippen LogP contribution in [0.3, 0.4) is 0 Å². The Morgan fingerprint density at radius 3 is 2.71 bits per heavy atom. The SMILES string of the molecule is NNC(c1cnccn1)c1cccc(Cl)c1Cl. The van der Waals surface area contributed by atoms with E-state index in [4.69, 9.17) is 29.0 Å². The molecule has 0 saturated heterocycles. The highest BCUT2D eigenvalue weighted by atomic mass is 35.5. The third-order valence-electron chi connectivity index (χ3n) is 2.34. The van der Waals surface area contributed by atoms with Gasteiger partial charge in [0, 0.05) is 12.4 Å². The Bertz CT molecular complexity index is 504. The second-order valence-corrected chi connectivity index (χ2v) is 4.16. The predicted molar refractivity (Wildman–Crippen MR) is 67.7 cm³/mol. The molecule has 1 unspecified atom stereocenters. The number of aromatic nitrogens is 2. The van der Waals surface area contributed by atoms with Gasteiger partial charge in [0.05, 0.1) is 28.0 Å². The zero-order valence-corrected chi connectivity index (χ0v) is 10.3. The molecule has 2 rings (SSSR count). The number of nitrogens with zero attached hydrogens (tertiary/aromatic N) is 2. The lowest BCUT2D eigenvalue weighted by Gasteiger charge is -2.17. The fourth-order valence-corrected chi connectivity index (χ4v) is 1.95. The normalized spacial score (nSPS) is 12.4. The van der Waals surface area contributed by atoms with Crippen molar-refractivity contribution in [2.24, 2.45) is 5.84 Å². The maximum absolute atomic E-state index is 6.14. The second kappa shape index (κ2) is 5.42. The van der Waals surface area contributed by atoms with Gasteiger partial charge in [-0.05, 0) is 11.6 Å². The fraction of sp³-hybridized carbons (Fsp3) is 0.0909. The molecule has 0 spiro atoms. The molecule has 0 aliphatic rings. The van der Waals surface area contributed by atoms with E-state index in [9.17, 15) is 0 Å². The molecule has 2 aromatic rings. The van der Waals surface area contributed by atoms with Crippen LogP contribution in [0.1, 0.15) is 17.3 Å². The Kier molecular flexibility index (Phi) is 3.91. The van der Waals surface area contributed by atoms with Crippen LogP contribution in [0, 0.1) is 0 Å². The van der Waals surface area contributed by atoms with Gasteiger partial charge in [-0.15, -0.1) is 0 Å². The van der Waals surface area contributed by atoms with Gasteiger partial charge in [-0.1, -0.05) is 35.3 Å². The van der Waals surface area contributed by atoms with Gasteiger partial charge in [0.25, 0.3) is 0 Å². The smallest absolute Gasteiger partial charge is 0.0911 e. The average molecular weight is 269 g/mol. The molecule has 88 valence electrons. The largest absolute Gasteiger partial charge is 0.271 e. The van der Waals surface area contributed by atoms with Crippen molar-refractivity contribution in [1.82, 2.24) is 15.4 Å². The van der Waals surface area contributed by atoms with E-state index in [-0.39, 0.29) is 6.04 Å². The Morgan fingerprint density at radius 1 is 1.24 bits per heavy atom. The first kappa shape index (κ1) is 12.3. The van der Waals surface area contributed by atoms with Crippen LogP contribution in [0.4, 0.5) is 0 Å². The van der Waals surface area contributed by atoms with Gasteiger partial charge in [-0.2, -0.15) is 0 Å². The van der Waals surface area contributed by atoms with E-state index in [2.05, 4.69) is 15.4 Å². The number of halogens is 2. The quantitative estimate of drug-likeness (QED) is 0.663. The van der Waals surface area contributed by atoms with Crippen molar-refractivity contribution >= 4 is 23.2 Å². The predicted octanol–water partition coefficient (Wildman–Crippen LogP) is 2.34. The Hall–Kier alpha value is -1.20. The number of hydrogen-bond donors (Lipinski definition) is 2. The molecule has 1 atom stereocenters. The van der Waals surface area contributed by atoms with E-state index in [1.807, 2.05) is 12.1 Å². The van der Waals surface area contributed by atoms with Crippen molar-refractivity contribution in [3.63, 3.8) is 0 Å². The molecule has 1 aromatic heterocycles. The zero-order valence-electron chi connectivity index (χ0n) is 8.77. The molecule has 0 aliphatic heterocycles. The van der Waals surface area contributed by atoms with Crippen molar-refractivity contribution in [2.45, 2.75) is 6.04 Å². The van der Waals surface area contributed by atoms with E-state index in [0.29, 0.717) is 15.7 Å². The van der Waals surface area contributed by atoms with Crippen molar-refractivity contribution in [3.8, 4) is 0 Å². The van der Waals surface area contributed by atoms with Crippen LogP contribution in [0.25, 0.3) is 0 Å². The van der Waals surface area contributed by atoms with Crippen LogP contribution >= 0.6 is 23.2 Å². The molecular formula is C11H10Cl2N4. The van der Waals surface area contributed by atoms with Gasteiger partial charge in [0.2, 0.25) is 0 Å². The molecule has 0 bridgehead atoms. The van der Waals surface area contributed by atoms with E-state index >= 15 is 0 Å². The highest BCUT2D eigenvalue weighted by Crippen LogP contribution is 2.31. The molecular weight excluding hydrogens is 259 g/mol. The Labute approximate surface area is 109 Å². The summed E-state index contributed by atoms with van der Waals surface area (Å²) in [5.41, 5.74) is 4.10. The number of nitrogens with two attached hydrogens (primary N) is 1. The third-order valence-corrected chi connectivity index (χ3v) is 3.17. The van der Waals surface area contributed by atoms with Gasteiger partial charge in [-0.25, -0.2) is 5.43 Å². The molecule has 1 heterocycles. The van der Waals surface area contributed by atoms with Crippen LogP contribution < -0.4 is 11.3 Å². The first-order valence-corrected chi connectivity index (χ1v) is 5.65. The number of hydrazine groups is 1. The van der Waals surface area contributed by atoms with Crippen LogP contribution in [0.2, 0.25) is 10.0 Å². The van der Waals surface area contributed by atoms with Gasteiger partial charge in [0.1, 0.15) is 0 Å². The molecule has 17 heavy (non-hydrogen) atoms. The summed E-state index contributed by atoms with van der Waals surface area (Å²) in [5, 5.41) is 0.941. The minimum absolute atomic E-state index is 0.338. The molecule has 4 nitrogen and oxygen atoms in total. The Balaban J connectivity index is 2.46. The van der Waals surface area contributed by atoms with E-state index in [1.54, 1.807) is 24.7 Å². The van der Waals surface area contributed by atoms with E-state index < -0.39 is 0 Å². The third kappa shape index (κ3) is 2.56. The first-order valence-electron chi connectivity index (χ1n) is 4.90. The summed E-state index contributed by atoms with van der Waals surface area (Å²) in [5.74, 6) is 5.54. The van der Waals surface area contributed by atoms with Crippen molar-refractivity contribution in [3.05, 3.63) is 58.1 Å². The standard InChI is InChI=1S/C11H10Cl2N4/c12-8-3-1-2-7(10(8)13)11(17-14)9-6-15-4-5-16-9/h1-6,11,17H,14H2. The summed E-state index contributed by atoms with van der Waals surface area (Å²) in [6, 6.07) is 5.03. The topological polar surface area (TPSA) is 63.8 Å². The monoisotopic (exact) mass is 268 g/mol. The highest BCUT2D eigenvalue weighted by Gasteiger charge is 2.18. The molecule has 0 saturated carbocycles. The van der Waals surface area contributed by atoms with E-state index in [1.165, 1.54) is 0 Å². The minimum atomic E-state index is -0.338. The van der Waals surface area contributed by atoms with Crippen molar-refractivity contribution in [2.75, 3.05) is 0 Å². The number of hydrogen-bond acceptors (Lipinski definition) is 4. The van der Waals surface area contributed by atoms with Crippen LogP contribution in [0.15, 0.2) is 36.8 Å². The second-order valence-electron chi connectivity index (χ2n) is 3.37. The molecule has 0 aliphatic carbocycles. The highest BCUT2D eigenvalue weighted by molar-refractivity contribution is 6.42.